The van der Waals surface area contributed by atoms with Crippen LogP contribution < -0.4 is 5.32 Å². The van der Waals surface area contributed by atoms with Crippen molar-refractivity contribution in [1.29, 1.82) is 0 Å². The molecule has 0 fully saturated rings. The maximum Gasteiger partial charge on any atom is 0.162 e. The third kappa shape index (κ3) is 2.81. The molecule has 0 atom stereocenters. The van der Waals surface area contributed by atoms with E-state index in [1.54, 1.807) is 12.1 Å². The Hall–Kier alpha value is -2.16. The summed E-state index contributed by atoms with van der Waals surface area (Å²) in [6.45, 7) is 4.66. The summed E-state index contributed by atoms with van der Waals surface area (Å²) in [7, 11) is 0. The van der Waals surface area contributed by atoms with Crippen LogP contribution in [0.15, 0.2) is 36.4 Å². The highest BCUT2D eigenvalue weighted by Crippen LogP contribution is 2.29. The van der Waals surface area contributed by atoms with E-state index in [2.05, 4.69) is 31.3 Å². The predicted octanol–water partition coefficient (Wildman–Crippen LogP) is 3.58. The molecule has 0 unspecified atom stereocenters. The lowest BCUT2D eigenvalue weighted by molar-refractivity contribution is 0.400. The van der Waals surface area contributed by atoms with Crippen LogP contribution in [0.5, 0.6) is 11.5 Å². The molecular formula is C16H19NO2. The number of phenols is 2. The molecule has 3 nitrogen and oxygen atoms in total. The van der Waals surface area contributed by atoms with E-state index in [0.717, 1.165) is 12.1 Å². The van der Waals surface area contributed by atoms with Crippen molar-refractivity contribution in [3.63, 3.8) is 0 Å². The minimum atomic E-state index is -0.0835. The van der Waals surface area contributed by atoms with Gasteiger partial charge in [-0.15, -0.1) is 0 Å². The first-order valence-corrected chi connectivity index (χ1v) is 6.45. The first kappa shape index (κ1) is 13.3. The minimum absolute atomic E-state index is 0.0540. The Labute approximate surface area is 113 Å². The van der Waals surface area contributed by atoms with Gasteiger partial charge in [0.25, 0.3) is 0 Å². The molecule has 2 aromatic carbocycles. The fourth-order valence-corrected chi connectivity index (χ4v) is 2.18. The lowest BCUT2D eigenvalue weighted by Crippen LogP contribution is -2.04. The number of hydrogen-bond donors (Lipinski definition) is 3. The topological polar surface area (TPSA) is 52.5 Å². The van der Waals surface area contributed by atoms with Gasteiger partial charge in [-0.2, -0.15) is 0 Å². The minimum Gasteiger partial charge on any atom is -0.504 e. The molecule has 0 bridgehead atoms. The van der Waals surface area contributed by atoms with Gasteiger partial charge in [-0.1, -0.05) is 37.3 Å². The number of rotatable bonds is 4. The van der Waals surface area contributed by atoms with Crippen LogP contribution in [0.1, 0.15) is 23.6 Å². The highest BCUT2D eigenvalue weighted by Gasteiger charge is 2.08. The summed E-state index contributed by atoms with van der Waals surface area (Å²) in [6.07, 6.45) is 0.954. The van der Waals surface area contributed by atoms with E-state index in [1.165, 1.54) is 17.2 Å². The Morgan fingerprint density at radius 3 is 2.42 bits per heavy atom. The van der Waals surface area contributed by atoms with Gasteiger partial charge >= 0.3 is 0 Å². The molecule has 0 aliphatic heterocycles. The third-order valence-electron chi connectivity index (χ3n) is 3.29. The van der Waals surface area contributed by atoms with Crippen molar-refractivity contribution in [2.24, 2.45) is 0 Å². The number of anilines is 1. The van der Waals surface area contributed by atoms with Gasteiger partial charge in [0.15, 0.2) is 11.5 Å². The fourth-order valence-electron chi connectivity index (χ4n) is 2.18. The number of phenolic OH excluding ortho intramolecular Hbond substituents is 2. The SMILES string of the molecule is CCc1cccc(C)c1NCc1cccc(O)c1O. The van der Waals surface area contributed by atoms with Crippen molar-refractivity contribution in [1.82, 2.24) is 0 Å². The van der Waals surface area contributed by atoms with Crippen molar-refractivity contribution >= 4 is 5.69 Å². The zero-order valence-electron chi connectivity index (χ0n) is 11.3. The average Bonchev–Trinajstić information content (AvgIpc) is 2.41. The van der Waals surface area contributed by atoms with Crippen LogP contribution in [0.25, 0.3) is 0 Å². The monoisotopic (exact) mass is 257 g/mol. The van der Waals surface area contributed by atoms with Crippen LogP contribution in [0.3, 0.4) is 0 Å². The maximum atomic E-state index is 9.78. The lowest BCUT2D eigenvalue weighted by atomic mass is 10.1. The van der Waals surface area contributed by atoms with Crippen molar-refractivity contribution in [3.05, 3.63) is 53.1 Å². The summed E-state index contributed by atoms with van der Waals surface area (Å²) in [6, 6.07) is 11.2. The Morgan fingerprint density at radius 2 is 1.68 bits per heavy atom. The maximum absolute atomic E-state index is 9.78. The van der Waals surface area contributed by atoms with Crippen LogP contribution >= 0.6 is 0 Å². The van der Waals surface area contributed by atoms with Crippen molar-refractivity contribution in [2.75, 3.05) is 5.32 Å². The summed E-state index contributed by atoms with van der Waals surface area (Å²) in [4.78, 5) is 0. The molecule has 0 saturated heterocycles. The Kier molecular flexibility index (Phi) is 3.95. The van der Waals surface area contributed by atoms with Gasteiger partial charge in [0.1, 0.15) is 0 Å². The standard InChI is InChI=1S/C16H19NO2/c1-3-12-7-4-6-11(2)15(12)17-10-13-8-5-9-14(18)16(13)19/h4-9,17-19H,3,10H2,1-2H3. The van der Waals surface area contributed by atoms with E-state index in [1.807, 2.05) is 6.07 Å². The highest BCUT2D eigenvalue weighted by atomic mass is 16.3. The zero-order chi connectivity index (χ0) is 13.8. The van der Waals surface area contributed by atoms with Crippen LogP contribution in [0.2, 0.25) is 0 Å². The largest absolute Gasteiger partial charge is 0.504 e. The normalized spacial score (nSPS) is 10.4. The molecule has 100 valence electrons. The molecule has 0 spiro atoms. The number of benzene rings is 2. The molecule has 0 amide bonds. The molecule has 19 heavy (non-hydrogen) atoms. The lowest BCUT2D eigenvalue weighted by Gasteiger charge is -2.15. The van der Waals surface area contributed by atoms with Crippen LogP contribution in [-0.4, -0.2) is 10.2 Å². The highest BCUT2D eigenvalue weighted by molar-refractivity contribution is 5.58. The van der Waals surface area contributed by atoms with Gasteiger partial charge in [0, 0.05) is 17.8 Å². The van der Waals surface area contributed by atoms with E-state index in [-0.39, 0.29) is 11.5 Å². The second-order valence-corrected chi connectivity index (χ2v) is 4.60. The zero-order valence-corrected chi connectivity index (χ0v) is 11.3. The average molecular weight is 257 g/mol. The first-order valence-electron chi connectivity index (χ1n) is 6.45. The van der Waals surface area contributed by atoms with E-state index in [9.17, 15) is 10.2 Å². The molecule has 3 N–H and O–H groups in total. The smallest absolute Gasteiger partial charge is 0.162 e. The summed E-state index contributed by atoms with van der Waals surface area (Å²) >= 11 is 0. The van der Waals surface area contributed by atoms with E-state index in [0.29, 0.717) is 12.1 Å². The number of aromatic hydroxyl groups is 2. The Balaban J connectivity index is 2.21. The van der Waals surface area contributed by atoms with Gasteiger partial charge in [-0.3, -0.25) is 0 Å². The number of nitrogens with one attached hydrogen (secondary N) is 1. The second kappa shape index (κ2) is 5.65. The molecule has 2 rings (SSSR count). The van der Waals surface area contributed by atoms with Crippen LogP contribution in [0.4, 0.5) is 5.69 Å². The molecule has 3 heteroatoms. The molecule has 0 aliphatic rings. The van der Waals surface area contributed by atoms with Crippen molar-refractivity contribution in [3.8, 4) is 11.5 Å². The molecule has 0 saturated carbocycles. The summed E-state index contributed by atoms with van der Waals surface area (Å²) < 4.78 is 0. The quantitative estimate of drug-likeness (QED) is 0.734. The van der Waals surface area contributed by atoms with Crippen molar-refractivity contribution < 1.29 is 10.2 Å². The van der Waals surface area contributed by atoms with Gasteiger partial charge in [0.2, 0.25) is 0 Å². The molecule has 0 aliphatic carbocycles. The second-order valence-electron chi connectivity index (χ2n) is 4.60. The van der Waals surface area contributed by atoms with Crippen LogP contribution in [-0.2, 0) is 13.0 Å². The van der Waals surface area contributed by atoms with E-state index in [4.69, 9.17) is 0 Å². The van der Waals surface area contributed by atoms with Gasteiger partial charge in [-0.05, 0) is 30.5 Å². The third-order valence-corrected chi connectivity index (χ3v) is 3.29. The number of para-hydroxylation sites is 2. The fraction of sp³-hybridized carbons (Fsp3) is 0.250. The Bertz CT molecular complexity index is 579. The summed E-state index contributed by atoms with van der Waals surface area (Å²) in [5.41, 5.74) is 4.22. The number of aryl methyl sites for hydroxylation is 2. The summed E-state index contributed by atoms with van der Waals surface area (Å²) in [5.74, 6) is -0.138. The molecule has 0 heterocycles. The van der Waals surface area contributed by atoms with Crippen molar-refractivity contribution in [2.45, 2.75) is 26.8 Å². The molecule has 2 aromatic rings. The van der Waals surface area contributed by atoms with Gasteiger partial charge in [-0.25, -0.2) is 0 Å². The Morgan fingerprint density at radius 1 is 1.00 bits per heavy atom. The van der Waals surface area contributed by atoms with Crippen LogP contribution in [0, 0.1) is 6.92 Å². The van der Waals surface area contributed by atoms with E-state index < -0.39 is 0 Å². The van der Waals surface area contributed by atoms with Gasteiger partial charge in [0.05, 0.1) is 0 Å². The summed E-state index contributed by atoms with van der Waals surface area (Å²) in [5, 5.41) is 22.6. The number of hydrogen-bond acceptors (Lipinski definition) is 3. The van der Waals surface area contributed by atoms with Gasteiger partial charge < -0.3 is 15.5 Å². The first-order chi connectivity index (χ1) is 9.13. The molecule has 0 radical (unpaired) electrons. The molecular weight excluding hydrogens is 238 g/mol. The molecule has 0 aromatic heterocycles. The van der Waals surface area contributed by atoms with E-state index >= 15 is 0 Å². The predicted molar refractivity (Wildman–Crippen MR) is 77.7 cm³/mol.